The molecule has 0 bridgehead atoms. The van der Waals surface area contributed by atoms with Crippen LogP contribution in [0.5, 0.6) is 0 Å². The summed E-state index contributed by atoms with van der Waals surface area (Å²) in [5, 5.41) is 0. The first-order chi connectivity index (χ1) is 10.6. The van der Waals surface area contributed by atoms with Crippen LogP contribution in [-0.4, -0.2) is 47.8 Å². The van der Waals surface area contributed by atoms with Crippen molar-refractivity contribution in [2.45, 2.75) is 52.6 Å². The lowest BCUT2D eigenvalue weighted by Gasteiger charge is -2.37. The average Bonchev–Trinajstić information content (AvgIpc) is 2.45. The fourth-order valence-corrected chi connectivity index (χ4v) is 2.50. The molecule has 0 aromatic carbocycles. The van der Waals surface area contributed by atoms with Gasteiger partial charge in [0.1, 0.15) is 5.60 Å². The highest BCUT2D eigenvalue weighted by Gasteiger charge is 2.26. The third kappa shape index (κ3) is 4.85. The van der Waals surface area contributed by atoms with Crippen LogP contribution in [0.25, 0.3) is 0 Å². The Morgan fingerprint density at radius 2 is 1.70 bits per heavy atom. The number of hydrogen-bond acceptors (Lipinski definition) is 4. The van der Waals surface area contributed by atoms with Crippen molar-refractivity contribution in [2.75, 3.05) is 31.1 Å². The summed E-state index contributed by atoms with van der Waals surface area (Å²) < 4.78 is 5.44. The predicted octanol–water partition coefficient (Wildman–Crippen LogP) is 3.44. The largest absolute Gasteiger partial charge is 0.444 e. The van der Waals surface area contributed by atoms with Crippen molar-refractivity contribution in [1.29, 1.82) is 0 Å². The van der Waals surface area contributed by atoms with E-state index in [0.29, 0.717) is 13.1 Å². The molecule has 2 heterocycles. The first-order valence-corrected chi connectivity index (χ1v) is 8.26. The summed E-state index contributed by atoms with van der Waals surface area (Å²) in [4.78, 5) is 20.7. The molecular formula is C18H29N3O2. The van der Waals surface area contributed by atoms with Gasteiger partial charge in [-0.25, -0.2) is 4.79 Å². The molecule has 5 heteroatoms. The fourth-order valence-electron chi connectivity index (χ4n) is 2.50. The van der Waals surface area contributed by atoms with E-state index < -0.39 is 5.60 Å². The number of piperazine rings is 1. The number of pyridine rings is 1. The SMILES string of the molecule is CC(C)(C)OC(=O)N1CCN(c2ccnc(C(C)(C)C)c2)CC1. The molecule has 1 amide bonds. The lowest BCUT2D eigenvalue weighted by Crippen LogP contribution is -2.50. The topological polar surface area (TPSA) is 45.7 Å². The maximum atomic E-state index is 12.1. The zero-order valence-corrected chi connectivity index (χ0v) is 15.2. The standard InChI is InChI=1S/C18H29N3O2/c1-17(2,3)15-13-14(7-8-19-15)20-9-11-21(12-10-20)16(22)23-18(4,5)6/h7-8,13H,9-12H2,1-6H3. The average molecular weight is 319 g/mol. The zero-order valence-electron chi connectivity index (χ0n) is 15.2. The highest BCUT2D eigenvalue weighted by atomic mass is 16.6. The van der Waals surface area contributed by atoms with Crippen molar-refractivity contribution in [3.8, 4) is 0 Å². The van der Waals surface area contributed by atoms with Crippen LogP contribution in [0.4, 0.5) is 10.5 Å². The molecule has 1 aromatic rings. The van der Waals surface area contributed by atoms with Crippen LogP contribution in [-0.2, 0) is 10.2 Å². The molecule has 0 N–H and O–H groups in total. The summed E-state index contributed by atoms with van der Waals surface area (Å²) >= 11 is 0. The molecule has 1 aromatic heterocycles. The lowest BCUT2D eigenvalue weighted by atomic mass is 9.91. The minimum absolute atomic E-state index is 0.0361. The van der Waals surface area contributed by atoms with Crippen molar-refractivity contribution in [3.63, 3.8) is 0 Å². The van der Waals surface area contributed by atoms with Crippen molar-refractivity contribution < 1.29 is 9.53 Å². The number of carbonyl (C=O) groups excluding carboxylic acids is 1. The second-order valence-electron chi connectivity index (χ2n) is 8.10. The summed E-state index contributed by atoms with van der Waals surface area (Å²) in [6.07, 6.45) is 1.65. The normalized spacial score (nSPS) is 16.4. The van der Waals surface area contributed by atoms with Gasteiger partial charge in [-0.3, -0.25) is 4.98 Å². The van der Waals surface area contributed by atoms with Crippen LogP contribution in [0.2, 0.25) is 0 Å². The van der Waals surface area contributed by atoms with E-state index in [1.807, 2.05) is 33.0 Å². The molecule has 0 saturated carbocycles. The van der Waals surface area contributed by atoms with E-state index in [2.05, 4.69) is 36.7 Å². The number of anilines is 1. The van der Waals surface area contributed by atoms with Crippen LogP contribution >= 0.6 is 0 Å². The first kappa shape index (κ1) is 17.6. The zero-order chi connectivity index (χ0) is 17.3. The molecule has 0 atom stereocenters. The van der Waals surface area contributed by atoms with E-state index in [9.17, 15) is 4.79 Å². The number of ether oxygens (including phenoxy) is 1. The smallest absolute Gasteiger partial charge is 0.410 e. The molecule has 1 aliphatic rings. The summed E-state index contributed by atoms with van der Waals surface area (Å²) in [5.41, 5.74) is 1.85. The third-order valence-electron chi connectivity index (χ3n) is 3.81. The van der Waals surface area contributed by atoms with Crippen molar-refractivity contribution in [2.24, 2.45) is 0 Å². The van der Waals surface area contributed by atoms with Crippen LogP contribution in [0.3, 0.4) is 0 Å². The third-order valence-corrected chi connectivity index (χ3v) is 3.81. The summed E-state index contributed by atoms with van der Waals surface area (Å²) in [6, 6.07) is 4.20. The molecule has 1 fully saturated rings. The molecule has 1 saturated heterocycles. The Hall–Kier alpha value is -1.78. The van der Waals surface area contributed by atoms with Crippen LogP contribution in [0.1, 0.15) is 47.2 Å². The maximum absolute atomic E-state index is 12.1. The Morgan fingerprint density at radius 3 is 2.22 bits per heavy atom. The number of rotatable bonds is 1. The van der Waals surface area contributed by atoms with Gasteiger partial charge < -0.3 is 14.5 Å². The molecule has 0 unspecified atom stereocenters. The van der Waals surface area contributed by atoms with Crippen LogP contribution in [0, 0.1) is 0 Å². The Balaban J connectivity index is 1.98. The summed E-state index contributed by atoms with van der Waals surface area (Å²) in [5.74, 6) is 0. The van der Waals surface area contributed by atoms with Crippen LogP contribution in [0.15, 0.2) is 18.3 Å². The van der Waals surface area contributed by atoms with Gasteiger partial charge in [-0.05, 0) is 32.9 Å². The second-order valence-corrected chi connectivity index (χ2v) is 8.10. The summed E-state index contributed by atoms with van der Waals surface area (Å²) in [7, 11) is 0. The minimum atomic E-state index is -0.444. The van der Waals surface area contributed by atoms with Gasteiger partial charge in [-0.1, -0.05) is 20.8 Å². The lowest BCUT2D eigenvalue weighted by molar-refractivity contribution is 0.0240. The highest BCUT2D eigenvalue weighted by Crippen LogP contribution is 2.25. The number of carbonyl (C=O) groups is 1. The van der Waals surface area contributed by atoms with Gasteiger partial charge in [0.05, 0.1) is 0 Å². The Kier molecular flexibility index (Phi) is 4.87. The molecular weight excluding hydrogens is 290 g/mol. The van der Waals surface area contributed by atoms with Gasteiger partial charge in [-0.2, -0.15) is 0 Å². The van der Waals surface area contributed by atoms with Crippen LogP contribution < -0.4 is 4.90 Å². The predicted molar refractivity (Wildman–Crippen MR) is 93.0 cm³/mol. The number of nitrogens with zero attached hydrogens (tertiary/aromatic N) is 3. The van der Waals surface area contributed by atoms with Crippen molar-refractivity contribution in [1.82, 2.24) is 9.88 Å². The van der Waals surface area contributed by atoms with E-state index in [-0.39, 0.29) is 11.5 Å². The second kappa shape index (κ2) is 6.38. The van der Waals surface area contributed by atoms with E-state index in [1.165, 1.54) is 5.69 Å². The molecule has 5 nitrogen and oxygen atoms in total. The fraction of sp³-hybridized carbons (Fsp3) is 0.667. The van der Waals surface area contributed by atoms with Gasteiger partial charge in [-0.15, -0.1) is 0 Å². The Labute approximate surface area is 139 Å². The quantitative estimate of drug-likeness (QED) is 0.795. The molecule has 0 radical (unpaired) electrons. The van der Waals surface area contributed by atoms with Crippen molar-refractivity contribution in [3.05, 3.63) is 24.0 Å². The van der Waals surface area contributed by atoms with Gasteiger partial charge in [0.15, 0.2) is 0 Å². The summed E-state index contributed by atoms with van der Waals surface area (Å²) in [6.45, 7) is 15.2. The van der Waals surface area contributed by atoms with Gasteiger partial charge >= 0.3 is 6.09 Å². The monoisotopic (exact) mass is 319 g/mol. The molecule has 1 aliphatic heterocycles. The van der Waals surface area contributed by atoms with Crippen molar-refractivity contribution >= 4 is 11.8 Å². The van der Waals surface area contributed by atoms with E-state index in [1.54, 1.807) is 4.90 Å². The molecule has 128 valence electrons. The Bertz CT molecular complexity index is 550. The number of aromatic nitrogens is 1. The van der Waals surface area contributed by atoms with Gasteiger partial charge in [0.2, 0.25) is 0 Å². The minimum Gasteiger partial charge on any atom is -0.444 e. The first-order valence-electron chi connectivity index (χ1n) is 8.26. The number of amides is 1. The van der Waals surface area contributed by atoms with Gasteiger partial charge in [0.25, 0.3) is 0 Å². The molecule has 0 aliphatic carbocycles. The number of hydrogen-bond donors (Lipinski definition) is 0. The van der Waals surface area contributed by atoms with E-state index in [4.69, 9.17) is 4.74 Å². The Morgan fingerprint density at radius 1 is 1.09 bits per heavy atom. The maximum Gasteiger partial charge on any atom is 0.410 e. The molecule has 23 heavy (non-hydrogen) atoms. The van der Waals surface area contributed by atoms with E-state index >= 15 is 0 Å². The molecule has 2 rings (SSSR count). The van der Waals surface area contributed by atoms with E-state index in [0.717, 1.165) is 18.8 Å². The highest BCUT2D eigenvalue weighted by molar-refractivity contribution is 5.68. The molecule has 0 spiro atoms. The van der Waals surface area contributed by atoms with Gasteiger partial charge in [0, 0.05) is 49.2 Å².